The van der Waals surface area contributed by atoms with E-state index in [1.54, 1.807) is 11.8 Å². The maximum atomic E-state index is 11.6. The maximum Gasteiger partial charge on any atom is 0.246 e. The molecule has 1 heterocycles. The van der Waals surface area contributed by atoms with Crippen molar-refractivity contribution in [2.75, 3.05) is 26.8 Å². The third-order valence-electron chi connectivity index (χ3n) is 2.84. The molecule has 0 radical (unpaired) electrons. The van der Waals surface area contributed by atoms with Crippen LogP contribution in [-0.2, 0) is 14.3 Å². The molecule has 0 spiro atoms. The van der Waals surface area contributed by atoms with E-state index in [-0.39, 0.29) is 24.5 Å². The van der Waals surface area contributed by atoms with Gasteiger partial charge in [-0.3, -0.25) is 9.59 Å². The molecule has 6 nitrogen and oxygen atoms in total. The molecule has 0 saturated carbocycles. The number of methoxy groups -OCH3 is 1. The fourth-order valence-electron chi connectivity index (χ4n) is 1.93. The largest absolute Gasteiger partial charge is 0.375 e. The Labute approximate surface area is 101 Å². The highest BCUT2D eigenvalue weighted by molar-refractivity contribution is 5.81. The lowest BCUT2D eigenvalue weighted by molar-refractivity contribution is -0.133. The zero-order valence-corrected chi connectivity index (χ0v) is 10.4. The second-order valence-corrected chi connectivity index (χ2v) is 4.39. The number of hydrogen-bond donors (Lipinski definition) is 2. The van der Waals surface area contributed by atoms with Crippen LogP contribution in [0.1, 0.15) is 19.8 Å². The van der Waals surface area contributed by atoms with Crippen molar-refractivity contribution in [1.82, 2.24) is 10.2 Å². The number of likely N-dealkylation sites (tertiary alicyclic amines) is 1. The number of carbonyl (C=O) groups is 2. The molecule has 98 valence electrons. The normalized spacial score (nSPS) is 18.9. The van der Waals surface area contributed by atoms with Crippen molar-refractivity contribution in [3.8, 4) is 0 Å². The molecule has 0 aliphatic carbocycles. The highest BCUT2D eigenvalue weighted by Crippen LogP contribution is 2.11. The van der Waals surface area contributed by atoms with Gasteiger partial charge in [0, 0.05) is 26.2 Å². The van der Waals surface area contributed by atoms with Crippen LogP contribution < -0.4 is 11.1 Å². The molecule has 2 amide bonds. The summed E-state index contributed by atoms with van der Waals surface area (Å²) >= 11 is 0. The Kier molecular flexibility index (Phi) is 5.37. The van der Waals surface area contributed by atoms with E-state index < -0.39 is 6.04 Å². The highest BCUT2D eigenvalue weighted by Gasteiger charge is 2.25. The minimum Gasteiger partial charge on any atom is -0.375 e. The number of hydrogen-bond acceptors (Lipinski definition) is 4. The summed E-state index contributed by atoms with van der Waals surface area (Å²) < 4.78 is 4.74. The molecule has 1 aliphatic rings. The van der Waals surface area contributed by atoms with Gasteiger partial charge < -0.3 is 20.7 Å². The summed E-state index contributed by atoms with van der Waals surface area (Å²) in [6, 6.07) is -0.315. The molecule has 0 aromatic rings. The first-order valence-electron chi connectivity index (χ1n) is 5.87. The third kappa shape index (κ3) is 4.32. The lowest BCUT2D eigenvalue weighted by atomic mass is 10.0. The third-order valence-corrected chi connectivity index (χ3v) is 2.84. The van der Waals surface area contributed by atoms with E-state index in [2.05, 4.69) is 5.32 Å². The minimum atomic E-state index is -0.449. The average Bonchev–Trinajstić information content (AvgIpc) is 2.29. The van der Waals surface area contributed by atoms with Crippen LogP contribution in [0.25, 0.3) is 0 Å². The van der Waals surface area contributed by atoms with Crippen molar-refractivity contribution in [2.24, 2.45) is 5.73 Å². The Hall–Kier alpha value is -1.14. The smallest absolute Gasteiger partial charge is 0.246 e. The monoisotopic (exact) mass is 243 g/mol. The molecule has 1 fully saturated rings. The molecule has 1 atom stereocenters. The van der Waals surface area contributed by atoms with Gasteiger partial charge in [-0.15, -0.1) is 0 Å². The minimum absolute atomic E-state index is 0.0216. The zero-order valence-electron chi connectivity index (χ0n) is 10.4. The molecule has 1 saturated heterocycles. The molecule has 0 aromatic heterocycles. The van der Waals surface area contributed by atoms with Crippen LogP contribution in [0.2, 0.25) is 0 Å². The van der Waals surface area contributed by atoms with E-state index in [1.165, 1.54) is 7.11 Å². The van der Waals surface area contributed by atoms with E-state index in [1.807, 2.05) is 0 Å². The first-order valence-corrected chi connectivity index (χ1v) is 5.87. The molecule has 3 N–H and O–H groups in total. The van der Waals surface area contributed by atoms with Crippen molar-refractivity contribution in [3.05, 3.63) is 0 Å². The molecular weight excluding hydrogens is 222 g/mol. The van der Waals surface area contributed by atoms with E-state index in [4.69, 9.17) is 10.5 Å². The average molecular weight is 243 g/mol. The number of rotatable bonds is 4. The lowest BCUT2D eigenvalue weighted by Gasteiger charge is -2.33. The van der Waals surface area contributed by atoms with E-state index in [0.29, 0.717) is 13.1 Å². The second-order valence-electron chi connectivity index (χ2n) is 4.39. The van der Waals surface area contributed by atoms with Gasteiger partial charge in [-0.05, 0) is 19.8 Å². The van der Waals surface area contributed by atoms with Crippen LogP contribution in [0, 0.1) is 0 Å². The number of ether oxygens (including phenoxy) is 1. The Morgan fingerprint density at radius 3 is 2.53 bits per heavy atom. The van der Waals surface area contributed by atoms with Crippen molar-refractivity contribution in [1.29, 1.82) is 0 Å². The SMILES string of the molecule is COCC(=O)NC1CCN(C(=O)[C@@H](C)N)CC1. The molecule has 0 bridgehead atoms. The van der Waals surface area contributed by atoms with Gasteiger partial charge in [0.1, 0.15) is 6.61 Å². The Balaban J connectivity index is 2.31. The fraction of sp³-hybridized carbons (Fsp3) is 0.818. The Morgan fingerprint density at radius 2 is 2.06 bits per heavy atom. The van der Waals surface area contributed by atoms with Gasteiger partial charge in [0.15, 0.2) is 0 Å². The van der Waals surface area contributed by atoms with Gasteiger partial charge in [-0.1, -0.05) is 0 Å². The van der Waals surface area contributed by atoms with Crippen LogP contribution in [0.4, 0.5) is 0 Å². The second kappa shape index (κ2) is 6.56. The summed E-state index contributed by atoms with van der Waals surface area (Å²) in [4.78, 5) is 24.7. The van der Waals surface area contributed by atoms with Crippen molar-refractivity contribution >= 4 is 11.8 Å². The van der Waals surface area contributed by atoms with E-state index in [0.717, 1.165) is 12.8 Å². The predicted octanol–water partition coefficient (Wildman–Crippen LogP) is -0.913. The summed E-state index contributed by atoms with van der Waals surface area (Å²) in [5.41, 5.74) is 5.54. The van der Waals surface area contributed by atoms with Gasteiger partial charge in [0.2, 0.25) is 11.8 Å². The van der Waals surface area contributed by atoms with Gasteiger partial charge in [0.05, 0.1) is 6.04 Å². The number of nitrogens with one attached hydrogen (secondary N) is 1. The lowest BCUT2D eigenvalue weighted by Crippen LogP contribution is -2.50. The van der Waals surface area contributed by atoms with Crippen molar-refractivity contribution in [2.45, 2.75) is 31.8 Å². The van der Waals surface area contributed by atoms with Crippen LogP contribution in [0.3, 0.4) is 0 Å². The molecule has 1 aliphatic heterocycles. The number of nitrogens with zero attached hydrogens (tertiary/aromatic N) is 1. The number of amides is 2. The quantitative estimate of drug-likeness (QED) is 0.669. The number of piperidine rings is 1. The summed E-state index contributed by atoms with van der Waals surface area (Å²) in [5.74, 6) is -0.129. The molecule has 0 aromatic carbocycles. The van der Waals surface area contributed by atoms with Gasteiger partial charge in [0.25, 0.3) is 0 Å². The van der Waals surface area contributed by atoms with E-state index >= 15 is 0 Å². The summed E-state index contributed by atoms with van der Waals surface area (Å²) in [6.45, 7) is 3.07. The number of carbonyl (C=O) groups excluding carboxylic acids is 2. The molecular formula is C11H21N3O3. The predicted molar refractivity (Wildman–Crippen MR) is 63.3 cm³/mol. The molecule has 0 unspecified atom stereocenters. The maximum absolute atomic E-state index is 11.6. The summed E-state index contributed by atoms with van der Waals surface area (Å²) in [5, 5.41) is 2.88. The van der Waals surface area contributed by atoms with Crippen LogP contribution >= 0.6 is 0 Å². The molecule has 17 heavy (non-hydrogen) atoms. The summed E-state index contributed by atoms with van der Waals surface area (Å²) in [6.07, 6.45) is 1.54. The first kappa shape index (κ1) is 13.9. The molecule has 6 heteroatoms. The van der Waals surface area contributed by atoms with Crippen LogP contribution in [0.15, 0.2) is 0 Å². The fourth-order valence-corrected chi connectivity index (χ4v) is 1.93. The Morgan fingerprint density at radius 1 is 1.47 bits per heavy atom. The van der Waals surface area contributed by atoms with Crippen molar-refractivity contribution < 1.29 is 14.3 Å². The highest BCUT2D eigenvalue weighted by atomic mass is 16.5. The summed E-state index contributed by atoms with van der Waals surface area (Å²) in [7, 11) is 1.49. The van der Waals surface area contributed by atoms with Crippen LogP contribution in [-0.4, -0.2) is 55.6 Å². The van der Waals surface area contributed by atoms with Gasteiger partial charge in [-0.25, -0.2) is 0 Å². The Bertz CT molecular complexity index is 273. The van der Waals surface area contributed by atoms with Crippen molar-refractivity contribution in [3.63, 3.8) is 0 Å². The van der Waals surface area contributed by atoms with Gasteiger partial charge >= 0.3 is 0 Å². The molecule has 1 rings (SSSR count). The zero-order chi connectivity index (χ0) is 12.8. The van der Waals surface area contributed by atoms with E-state index in [9.17, 15) is 9.59 Å². The standard InChI is InChI=1S/C11H21N3O3/c1-8(12)11(16)14-5-3-9(4-6-14)13-10(15)7-17-2/h8-9H,3-7,12H2,1-2H3,(H,13,15)/t8-/m1/s1. The topological polar surface area (TPSA) is 84.7 Å². The van der Waals surface area contributed by atoms with Gasteiger partial charge in [-0.2, -0.15) is 0 Å². The first-order chi connectivity index (χ1) is 8.04. The number of nitrogens with two attached hydrogens (primary N) is 1. The van der Waals surface area contributed by atoms with Crippen LogP contribution in [0.5, 0.6) is 0 Å².